The molecule has 0 bridgehead atoms. The summed E-state index contributed by atoms with van der Waals surface area (Å²) < 4.78 is 9.50. The maximum atomic E-state index is 11.5. The number of nitriles is 1. The molecule has 2 aromatic rings. The van der Waals surface area contributed by atoms with Gasteiger partial charge in [-0.05, 0) is 24.3 Å². The van der Waals surface area contributed by atoms with Gasteiger partial charge in [0.15, 0.2) is 0 Å². The van der Waals surface area contributed by atoms with E-state index in [4.69, 9.17) is 9.47 Å². The zero-order chi connectivity index (χ0) is 22.7. The number of methoxy groups -OCH3 is 2. The van der Waals surface area contributed by atoms with Crippen LogP contribution in [0.25, 0.3) is 11.3 Å². The Bertz CT molecular complexity index is 1050. The number of ether oxygens (including phenoxy) is 2. The third kappa shape index (κ3) is 4.52. The Hall–Kier alpha value is -3.60. The third-order valence-corrected chi connectivity index (χ3v) is 6.14. The highest BCUT2D eigenvalue weighted by Crippen LogP contribution is 2.34. The summed E-state index contributed by atoms with van der Waals surface area (Å²) in [5, 5.41) is 9.55. The summed E-state index contributed by atoms with van der Waals surface area (Å²) in [6.07, 6.45) is 2.62. The number of rotatable bonds is 7. The van der Waals surface area contributed by atoms with E-state index in [-0.39, 0.29) is 17.9 Å². The van der Waals surface area contributed by atoms with Crippen LogP contribution in [0, 0.1) is 23.2 Å². The van der Waals surface area contributed by atoms with Gasteiger partial charge in [0, 0.05) is 55.5 Å². The van der Waals surface area contributed by atoms with Crippen molar-refractivity contribution in [3.8, 4) is 17.3 Å². The minimum Gasteiger partial charge on any atom is -0.469 e. The smallest absolute Gasteiger partial charge is 0.305 e. The lowest BCUT2D eigenvalue weighted by atomic mass is 9.93. The Labute approximate surface area is 187 Å². The summed E-state index contributed by atoms with van der Waals surface area (Å²) in [5.41, 5.74) is 4.29. The summed E-state index contributed by atoms with van der Waals surface area (Å²) in [6, 6.07) is 12.0. The Balaban J connectivity index is 1.46. The monoisotopic (exact) mass is 434 g/mol. The van der Waals surface area contributed by atoms with Gasteiger partial charge in [0.2, 0.25) is 0 Å². The van der Waals surface area contributed by atoms with Gasteiger partial charge in [0.1, 0.15) is 6.07 Å². The summed E-state index contributed by atoms with van der Waals surface area (Å²) in [4.78, 5) is 31.8. The Morgan fingerprint density at radius 2 is 1.62 bits per heavy atom. The first-order valence-corrected chi connectivity index (χ1v) is 10.6. The van der Waals surface area contributed by atoms with Gasteiger partial charge in [0.25, 0.3) is 0 Å². The van der Waals surface area contributed by atoms with E-state index in [0.717, 1.165) is 48.8 Å². The molecule has 4 rings (SSSR count). The molecule has 0 amide bonds. The van der Waals surface area contributed by atoms with Gasteiger partial charge >= 0.3 is 11.9 Å². The normalized spacial score (nSPS) is 16.0. The largest absolute Gasteiger partial charge is 0.469 e. The number of hydrogen-bond donors (Lipinski definition) is 0. The molecule has 1 aromatic carbocycles. The van der Waals surface area contributed by atoms with Gasteiger partial charge < -0.3 is 19.3 Å². The highest BCUT2D eigenvalue weighted by atomic mass is 16.5. The van der Waals surface area contributed by atoms with Crippen LogP contribution in [0.1, 0.15) is 18.4 Å². The molecule has 3 heterocycles. The van der Waals surface area contributed by atoms with Crippen molar-refractivity contribution in [3.05, 3.63) is 42.1 Å². The van der Waals surface area contributed by atoms with Crippen LogP contribution in [-0.4, -0.2) is 57.3 Å². The maximum Gasteiger partial charge on any atom is 0.305 e. The van der Waals surface area contributed by atoms with Gasteiger partial charge in [-0.3, -0.25) is 14.6 Å². The van der Waals surface area contributed by atoms with Gasteiger partial charge in [-0.1, -0.05) is 6.07 Å². The zero-order valence-corrected chi connectivity index (χ0v) is 18.3. The Morgan fingerprint density at radius 1 is 1.00 bits per heavy atom. The fraction of sp³-hybridized carbons (Fsp3) is 0.417. The van der Waals surface area contributed by atoms with E-state index in [0.29, 0.717) is 24.3 Å². The fourth-order valence-corrected chi connectivity index (χ4v) is 4.26. The second-order valence-electron chi connectivity index (χ2n) is 8.35. The van der Waals surface area contributed by atoms with Crippen LogP contribution in [0.3, 0.4) is 0 Å². The van der Waals surface area contributed by atoms with E-state index < -0.39 is 0 Å². The summed E-state index contributed by atoms with van der Waals surface area (Å²) in [5.74, 6) is 0.174. The average molecular weight is 434 g/mol. The van der Waals surface area contributed by atoms with Crippen molar-refractivity contribution in [1.29, 1.82) is 5.26 Å². The molecule has 0 unspecified atom stereocenters. The molecule has 2 aliphatic rings. The molecule has 0 spiro atoms. The topological polar surface area (TPSA) is 95.8 Å². The van der Waals surface area contributed by atoms with Crippen LogP contribution < -0.4 is 9.80 Å². The summed E-state index contributed by atoms with van der Waals surface area (Å²) in [6.45, 7) is 3.06. The first kappa shape index (κ1) is 21.6. The molecule has 0 radical (unpaired) electrons. The molecule has 32 heavy (non-hydrogen) atoms. The molecular weight excluding hydrogens is 408 g/mol. The Kier molecular flexibility index (Phi) is 6.26. The SMILES string of the molecule is COC(=O)CC1CN(c2ccnc(-c3ccc(C#N)c(N4CC(CC(=O)OC)C4)c3)c2)C1. The van der Waals surface area contributed by atoms with E-state index in [9.17, 15) is 14.9 Å². The van der Waals surface area contributed by atoms with E-state index in [2.05, 4.69) is 20.9 Å². The van der Waals surface area contributed by atoms with E-state index >= 15 is 0 Å². The highest BCUT2D eigenvalue weighted by Gasteiger charge is 2.31. The molecule has 0 N–H and O–H groups in total. The highest BCUT2D eigenvalue weighted by molar-refractivity contribution is 5.75. The lowest BCUT2D eigenvalue weighted by Gasteiger charge is -2.41. The first-order valence-electron chi connectivity index (χ1n) is 10.6. The first-order chi connectivity index (χ1) is 15.5. The van der Waals surface area contributed by atoms with E-state index in [1.807, 2.05) is 30.3 Å². The molecule has 1 aromatic heterocycles. The number of pyridine rings is 1. The molecule has 8 nitrogen and oxygen atoms in total. The van der Waals surface area contributed by atoms with Crippen molar-refractivity contribution in [2.24, 2.45) is 11.8 Å². The number of aromatic nitrogens is 1. The van der Waals surface area contributed by atoms with Crippen LogP contribution in [0.4, 0.5) is 11.4 Å². The molecule has 2 saturated heterocycles. The van der Waals surface area contributed by atoms with Gasteiger partial charge in [-0.25, -0.2) is 0 Å². The molecule has 8 heteroatoms. The second kappa shape index (κ2) is 9.27. The summed E-state index contributed by atoms with van der Waals surface area (Å²) >= 11 is 0. The van der Waals surface area contributed by atoms with Gasteiger partial charge in [0.05, 0.1) is 44.0 Å². The van der Waals surface area contributed by atoms with Crippen molar-refractivity contribution in [3.63, 3.8) is 0 Å². The van der Waals surface area contributed by atoms with Crippen molar-refractivity contribution >= 4 is 23.3 Å². The van der Waals surface area contributed by atoms with Crippen molar-refractivity contribution in [2.45, 2.75) is 12.8 Å². The minimum atomic E-state index is -0.204. The van der Waals surface area contributed by atoms with Crippen LogP contribution >= 0.6 is 0 Å². The lowest BCUT2D eigenvalue weighted by Crippen LogP contribution is -2.48. The zero-order valence-electron chi connectivity index (χ0n) is 18.3. The minimum absolute atomic E-state index is 0.171. The number of carbonyl (C=O) groups is 2. The number of benzene rings is 1. The van der Waals surface area contributed by atoms with Crippen LogP contribution in [-0.2, 0) is 19.1 Å². The number of carbonyl (C=O) groups excluding carboxylic acids is 2. The molecule has 0 atom stereocenters. The second-order valence-corrected chi connectivity index (χ2v) is 8.35. The number of nitrogens with zero attached hydrogens (tertiary/aromatic N) is 4. The summed E-state index contributed by atoms with van der Waals surface area (Å²) in [7, 11) is 2.82. The molecule has 166 valence electrons. The van der Waals surface area contributed by atoms with Crippen molar-refractivity contribution in [2.75, 3.05) is 50.2 Å². The lowest BCUT2D eigenvalue weighted by molar-refractivity contribution is -0.142. The van der Waals surface area contributed by atoms with Crippen LogP contribution in [0.2, 0.25) is 0 Å². The molecular formula is C24H26N4O4. The van der Waals surface area contributed by atoms with E-state index in [1.165, 1.54) is 14.2 Å². The number of hydrogen-bond acceptors (Lipinski definition) is 8. The van der Waals surface area contributed by atoms with Crippen LogP contribution in [0.5, 0.6) is 0 Å². The predicted molar refractivity (Wildman–Crippen MR) is 119 cm³/mol. The molecule has 0 aliphatic carbocycles. The standard InChI is InChI=1S/C24H26N4O4/c1-31-23(29)7-16-12-27(13-16)20-5-6-26-21(10-20)18-3-4-19(11-25)22(9-18)28-14-17(15-28)8-24(30)32-2/h3-6,9-10,16-17H,7-8,12-15H2,1-2H3. The Morgan fingerprint density at radius 3 is 2.22 bits per heavy atom. The quantitative estimate of drug-likeness (QED) is 0.614. The molecule has 0 saturated carbocycles. The predicted octanol–water partition coefficient (Wildman–Crippen LogP) is 2.62. The third-order valence-electron chi connectivity index (χ3n) is 6.14. The maximum absolute atomic E-state index is 11.5. The number of esters is 2. The fourth-order valence-electron chi connectivity index (χ4n) is 4.26. The van der Waals surface area contributed by atoms with Gasteiger partial charge in [-0.15, -0.1) is 0 Å². The average Bonchev–Trinajstić information content (AvgIpc) is 2.77. The van der Waals surface area contributed by atoms with Crippen molar-refractivity contribution in [1.82, 2.24) is 4.98 Å². The van der Waals surface area contributed by atoms with Crippen molar-refractivity contribution < 1.29 is 19.1 Å². The van der Waals surface area contributed by atoms with Gasteiger partial charge in [-0.2, -0.15) is 5.26 Å². The molecule has 2 aliphatic heterocycles. The van der Waals surface area contributed by atoms with Crippen LogP contribution in [0.15, 0.2) is 36.5 Å². The number of anilines is 2. The van der Waals surface area contributed by atoms with E-state index in [1.54, 1.807) is 6.20 Å². The molecule has 2 fully saturated rings.